The van der Waals surface area contributed by atoms with Gasteiger partial charge in [-0.25, -0.2) is 16.8 Å². The number of benzene rings is 2. The van der Waals surface area contributed by atoms with Crippen molar-refractivity contribution in [2.24, 2.45) is 0 Å². The number of hydrogen-bond acceptors (Lipinski definition) is 5. The first-order valence-electron chi connectivity index (χ1n) is 8.49. The number of morpholine rings is 1. The zero-order chi connectivity index (χ0) is 19.7. The van der Waals surface area contributed by atoms with Gasteiger partial charge in [0.25, 0.3) is 10.0 Å². The average Bonchev–Trinajstić information content (AvgIpc) is 2.66. The molecule has 7 nitrogen and oxygen atoms in total. The minimum absolute atomic E-state index is 0.00401. The molecule has 0 unspecified atom stereocenters. The summed E-state index contributed by atoms with van der Waals surface area (Å²) in [4.78, 5) is 0.0689. The number of ether oxygens (including phenoxy) is 1. The third-order valence-electron chi connectivity index (χ3n) is 4.59. The van der Waals surface area contributed by atoms with Crippen LogP contribution in [0.2, 0.25) is 0 Å². The molecule has 1 heterocycles. The van der Waals surface area contributed by atoms with E-state index >= 15 is 0 Å². The van der Waals surface area contributed by atoms with Crippen molar-refractivity contribution in [3.8, 4) is 0 Å². The maximum Gasteiger partial charge on any atom is 0.261 e. The summed E-state index contributed by atoms with van der Waals surface area (Å²) in [6, 6.07) is 10.6. The first kappa shape index (κ1) is 19.8. The second-order valence-corrected chi connectivity index (χ2v) is 9.96. The molecular weight excluding hydrogens is 388 g/mol. The first-order valence-corrected chi connectivity index (χ1v) is 11.4. The van der Waals surface area contributed by atoms with E-state index in [0.717, 1.165) is 11.1 Å². The van der Waals surface area contributed by atoms with Crippen LogP contribution in [0.3, 0.4) is 0 Å². The molecule has 0 saturated carbocycles. The van der Waals surface area contributed by atoms with Gasteiger partial charge in [-0.2, -0.15) is 4.31 Å². The van der Waals surface area contributed by atoms with Crippen molar-refractivity contribution in [3.63, 3.8) is 0 Å². The van der Waals surface area contributed by atoms with Gasteiger partial charge < -0.3 is 4.74 Å². The summed E-state index contributed by atoms with van der Waals surface area (Å²) < 4.78 is 59.6. The van der Waals surface area contributed by atoms with Crippen LogP contribution in [-0.4, -0.2) is 47.4 Å². The normalized spacial score (nSPS) is 16.2. The lowest BCUT2D eigenvalue weighted by Crippen LogP contribution is -2.40. The molecular formula is C18H22N2O5S2. The van der Waals surface area contributed by atoms with Gasteiger partial charge in [0.1, 0.15) is 0 Å². The molecule has 1 aliphatic rings. The molecule has 0 spiro atoms. The van der Waals surface area contributed by atoms with Crippen LogP contribution < -0.4 is 4.72 Å². The van der Waals surface area contributed by atoms with Gasteiger partial charge in [-0.1, -0.05) is 12.1 Å². The third-order valence-corrected chi connectivity index (χ3v) is 7.89. The van der Waals surface area contributed by atoms with E-state index in [1.165, 1.54) is 28.6 Å². The molecule has 2 aromatic rings. The second-order valence-electron chi connectivity index (χ2n) is 6.34. The smallest absolute Gasteiger partial charge is 0.261 e. The maximum absolute atomic E-state index is 12.6. The van der Waals surface area contributed by atoms with E-state index in [0.29, 0.717) is 18.9 Å². The van der Waals surface area contributed by atoms with Crippen molar-refractivity contribution in [1.82, 2.24) is 4.31 Å². The zero-order valence-electron chi connectivity index (χ0n) is 15.2. The van der Waals surface area contributed by atoms with Crippen molar-refractivity contribution in [3.05, 3.63) is 53.6 Å². The van der Waals surface area contributed by atoms with E-state index in [1.807, 2.05) is 19.9 Å². The lowest BCUT2D eigenvalue weighted by atomic mass is 10.1. The number of nitrogens with one attached hydrogen (secondary N) is 1. The van der Waals surface area contributed by atoms with Crippen LogP contribution in [0.15, 0.2) is 52.3 Å². The highest BCUT2D eigenvalue weighted by molar-refractivity contribution is 7.92. The molecule has 3 rings (SSSR count). The number of hydrogen-bond donors (Lipinski definition) is 1. The molecule has 0 aromatic heterocycles. The van der Waals surface area contributed by atoms with E-state index in [4.69, 9.17) is 4.74 Å². The Morgan fingerprint density at radius 3 is 2.11 bits per heavy atom. The molecule has 9 heteroatoms. The predicted molar refractivity (Wildman–Crippen MR) is 103 cm³/mol. The maximum atomic E-state index is 12.6. The van der Waals surface area contributed by atoms with E-state index in [2.05, 4.69) is 4.72 Å². The lowest BCUT2D eigenvalue weighted by Gasteiger charge is -2.26. The Kier molecular flexibility index (Phi) is 5.57. The Labute approximate surface area is 160 Å². The number of sulfonamides is 2. The molecule has 0 bridgehead atoms. The minimum atomic E-state index is -3.82. The molecule has 146 valence electrons. The highest BCUT2D eigenvalue weighted by atomic mass is 32.2. The van der Waals surface area contributed by atoms with Crippen molar-refractivity contribution in [2.75, 3.05) is 31.0 Å². The molecule has 1 saturated heterocycles. The summed E-state index contributed by atoms with van der Waals surface area (Å²) in [6.45, 7) is 5.02. The molecule has 0 amide bonds. The van der Waals surface area contributed by atoms with Gasteiger partial charge in [0, 0.05) is 13.1 Å². The van der Waals surface area contributed by atoms with Crippen molar-refractivity contribution in [2.45, 2.75) is 23.6 Å². The molecule has 1 N–H and O–H groups in total. The van der Waals surface area contributed by atoms with Gasteiger partial charge >= 0.3 is 0 Å². The Bertz CT molecular complexity index is 1030. The van der Waals surface area contributed by atoms with E-state index < -0.39 is 20.0 Å². The van der Waals surface area contributed by atoms with Gasteiger partial charge in [0.15, 0.2) is 0 Å². The molecule has 0 radical (unpaired) electrons. The van der Waals surface area contributed by atoms with E-state index in [9.17, 15) is 16.8 Å². The zero-order valence-corrected chi connectivity index (χ0v) is 16.8. The van der Waals surface area contributed by atoms with Gasteiger partial charge in [-0.3, -0.25) is 4.72 Å². The molecule has 1 aliphatic heterocycles. The predicted octanol–water partition coefficient (Wildman–Crippen LogP) is 2.13. The number of rotatable bonds is 5. The van der Waals surface area contributed by atoms with Crippen LogP contribution in [-0.2, 0) is 24.8 Å². The Morgan fingerprint density at radius 1 is 0.889 bits per heavy atom. The Hall–Kier alpha value is -1.94. The number of nitrogens with zero attached hydrogens (tertiary/aromatic N) is 1. The summed E-state index contributed by atoms with van der Waals surface area (Å²) in [5.74, 6) is 0. The molecule has 0 aliphatic carbocycles. The molecule has 1 fully saturated rings. The second kappa shape index (κ2) is 7.59. The largest absolute Gasteiger partial charge is 0.379 e. The molecule has 2 aromatic carbocycles. The summed E-state index contributed by atoms with van der Waals surface area (Å²) in [5, 5.41) is 0. The summed E-state index contributed by atoms with van der Waals surface area (Å²) in [7, 11) is -7.48. The topological polar surface area (TPSA) is 92.8 Å². The fourth-order valence-electron chi connectivity index (χ4n) is 2.79. The Morgan fingerprint density at radius 2 is 1.48 bits per heavy atom. The number of anilines is 1. The first-order chi connectivity index (χ1) is 12.7. The lowest BCUT2D eigenvalue weighted by molar-refractivity contribution is 0.0730. The highest BCUT2D eigenvalue weighted by Gasteiger charge is 2.27. The van der Waals surface area contributed by atoms with Crippen LogP contribution in [0, 0.1) is 13.8 Å². The van der Waals surface area contributed by atoms with Gasteiger partial charge in [0.05, 0.1) is 28.7 Å². The fourth-order valence-corrected chi connectivity index (χ4v) is 5.32. The van der Waals surface area contributed by atoms with Gasteiger partial charge in [-0.05, 0) is 55.3 Å². The summed E-state index contributed by atoms with van der Waals surface area (Å²) in [5.41, 5.74) is 2.31. The standard InChI is InChI=1S/C18H22N2O5S2/c1-14-4-3-5-18(15(14)2)19-26(21,22)16-6-8-17(9-7-16)27(23,24)20-10-12-25-13-11-20/h3-9,19H,10-13H2,1-2H3. The van der Waals surface area contributed by atoms with Gasteiger partial charge in [-0.15, -0.1) is 0 Å². The average molecular weight is 411 g/mol. The van der Waals surface area contributed by atoms with Crippen LogP contribution in [0.5, 0.6) is 0 Å². The van der Waals surface area contributed by atoms with Crippen LogP contribution in [0.25, 0.3) is 0 Å². The molecule has 27 heavy (non-hydrogen) atoms. The summed E-state index contributed by atoms with van der Waals surface area (Å²) in [6.07, 6.45) is 0. The third kappa shape index (κ3) is 4.16. The monoisotopic (exact) mass is 410 g/mol. The molecule has 0 atom stereocenters. The van der Waals surface area contributed by atoms with E-state index in [-0.39, 0.29) is 22.9 Å². The van der Waals surface area contributed by atoms with Crippen LogP contribution in [0.1, 0.15) is 11.1 Å². The minimum Gasteiger partial charge on any atom is -0.379 e. The van der Waals surface area contributed by atoms with Crippen molar-refractivity contribution < 1.29 is 21.6 Å². The highest BCUT2D eigenvalue weighted by Crippen LogP contribution is 2.24. The quantitative estimate of drug-likeness (QED) is 0.815. The van der Waals surface area contributed by atoms with E-state index in [1.54, 1.807) is 12.1 Å². The van der Waals surface area contributed by atoms with Crippen LogP contribution >= 0.6 is 0 Å². The summed E-state index contributed by atoms with van der Waals surface area (Å²) >= 11 is 0. The van der Waals surface area contributed by atoms with Crippen LogP contribution in [0.4, 0.5) is 5.69 Å². The fraction of sp³-hybridized carbons (Fsp3) is 0.333. The number of aryl methyl sites for hydroxylation is 1. The van der Waals surface area contributed by atoms with Crippen molar-refractivity contribution in [1.29, 1.82) is 0 Å². The SMILES string of the molecule is Cc1cccc(NS(=O)(=O)c2ccc(S(=O)(=O)N3CCOCC3)cc2)c1C. The Balaban J connectivity index is 1.85. The van der Waals surface area contributed by atoms with Gasteiger partial charge in [0.2, 0.25) is 10.0 Å². The van der Waals surface area contributed by atoms with Crippen molar-refractivity contribution >= 4 is 25.7 Å².